The number of rotatable bonds is 6. The van der Waals surface area contributed by atoms with Crippen LogP contribution in [0.2, 0.25) is 0 Å². The predicted molar refractivity (Wildman–Crippen MR) is 74.8 cm³/mol. The van der Waals surface area contributed by atoms with Gasteiger partial charge in [0.05, 0.1) is 6.54 Å². The van der Waals surface area contributed by atoms with Crippen molar-refractivity contribution in [2.24, 2.45) is 5.73 Å². The minimum Gasteiger partial charge on any atom is -0.368 e. The average molecular weight is 310 g/mol. The van der Waals surface area contributed by atoms with Crippen molar-refractivity contribution < 1.29 is 18.0 Å². The lowest BCUT2D eigenvalue weighted by atomic mass is 9.99. The van der Waals surface area contributed by atoms with E-state index in [0.29, 0.717) is 32.7 Å². The molecule has 1 unspecified atom stereocenters. The number of primary amides is 1. The SMILES string of the molecule is CC(C)NC(C)(CN1CCN(CC(F)(F)F)CC1)C(N)=O. The Morgan fingerprint density at radius 1 is 1.14 bits per heavy atom. The molecule has 0 aliphatic carbocycles. The van der Waals surface area contributed by atoms with Gasteiger partial charge < -0.3 is 11.1 Å². The van der Waals surface area contributed by atoms with Crippen LogP contribution in [0, 0.1) is 0 Å². The lowest BCUT2D eigenvalue weighted by molar-refractivity contribution is -0.149. The summed E-state index contributed by atoms with van der Waals surface area (Å²) in [5, 5.41) is 3.14. The largest absolute Gasteiger partial charge is 0.401 e. The van der Waals surface area contributed by atoms with Crippen molar-refractivity contribution in [2.75, 3.05) is 39.3 Å². The van der Waals surface area contributed by atoms with Gasteiger partial charge in [0, 0.05) is 38.8 Å². The summed E-state index contributed by atoms with van der Waals surface area (Å²) in [4.78, 5) is 15.0. The number of hydrogen-bond donors (Lipinski definition) is 2. The third-order valence-electron chi connectivity index (χ3n) is 3.56. The van der Waals surface area contributed by atoms with Crippen LogP contribution in [-0.4, -0.2) is 72.7 Å². The van der Waals surface area contributed by atoms with Gasteiger partial charge in [0.2, 0.25) is 5.91 Å². The highest BCUT2D eigenvalue weighted by atomic mass is 19.4. The van der Waals surface area contributed by atoms with Crippen LogP contribution in [0.25, 0.3) is 0 Å². The number of piperazine rings is 1. The molecule has 21 heavy (non-hydrogen) atoms. The smallest absolute Gasteiger partial charge is 0.368 e. The maximum atomic E-state index is 12.3. The second-order valence-corrected chi connectivity index (χ2v) is 6.16. The highest BCUT2D eigenvalue weighted by Crippen LogP contribution is 2.18. The van der Waals surface area contributed by atoms with Crippen LogP contribution in [0.5, 0.6) is 0 Å². The normalized spacial score (nSPS) is 21.5. The van der Waals surface area contributed by atoms with Gasteiger partial charge in [0.1, 0.15) is 5.54 Å². The molecule has 1 aliphatic rings. The fraction of sp³-hybridized carbons (Fsp3) is 0.923. The van der Waals surface area contributed by atoms with Crippen molar-refractivity contribution in [1.82, 2.24) is 15.1 Å². The van der Waals surface area contributed by atoms with Crippen LogP contribution in [0.3, 0.4) is 0 Å². The molecule has 1 saturated heterocycles. The fourth-order valence-corrected chi connectivity index (χ4v) is 2.64. The van der Waals surface area contributed by atoms with E-state index in [1.807, 2.05) is 18.7 Å². The second kappa shape index (κ2) is 6.93. The molecule has 1 fully saturated rings. The van der Waals surface area contributed by atoms with E-state index in [0.717, 1.165) is 0 Å². The first-order valence-corrected chi connectivity index (χ1v) is 7.11. The zero-order valence-electron chi connectivity index (χ0n) is 12.8. The van der Waals surface area contributed by atoms with E-state index in [1.54, 1.807) is 6.92 Å². The molecule has 0 radical (unpaired) electrons. The minimum absolute atomic E-state index is 0.0917. The lowest BCUT2D eigenvalue weighted by Gasteiger charge is -2.40. The molecular weight excluding hydrogens is 285 g/mol. The molecule has 8 heteroatoms. The Morgan fingerprint density at radius 2 is 1.57 bits per heavy atom. The maximum Gasteiger partial charge on any atom is 0.401 e. The molecule has 1 amide bonds. The zero-order valence-corrected chi connectivity index (χ0v) is 12.8. The summed E-state index contributed by atoms with van der Waals surface area (Å²) in [6, 6.07) is 0.0917. The van der Waals surface area contributed by atoms with Crippen molar-refractivity contribution in [3.8, 4) is 0 Å². The molecule has 0 aromatic rings. The summed E-state index contributed by atoms with van der Waals surface area (Å²) in [6.07, 6.45) is -4.16. The highest BCUT2D eigenvalue weighted by Gasteiger charge is 2.36. The molecule has 1 atom stereocenters. The first kappa shape index (κ1) is 18.2. The van der Waals surface area contributed by atoms with Gasteiger partial charge in [0.15, 0.2) is 0 Å². The Kier molecular flexibility index (Phi) is 6.01. The van der Waals surface area contributed by atoms with Crippen LogP contribution in [0.4, 0.5) is 13.2 Å². The number of hydrogen-bond acceptors (Lipinski definition) is 4. The van der Waals surface area contributed by atoms with Crippen molar-refractivity contribution in [3.05, 3.63) is 0 Å². The summed E-state index contributed by atoms with van der Waals surface area (Å²) >= 11 is 0. The van der Waals surface area contributed by atoms with Crippen LogP contribution < -0.4 is 11.1 Å². The summed E-state index contributed by atoms with van der Waals surface area (Å²) in [7, 11) is 0. The van der Waals surface area contributed by atoms with E-state index in [9.17, 15) is 18.0 Å². The Balaban J connectivity index is 2.52. The predicted octanol–water partition coefficient (Wildman–Crippen LogP) is 0.408. The Morgan fingerprint density at radius 3 is 1.90 bits per heavy atom. The summed E-state index contributed by atoms with van der Waals surface area (Å²) < 4.78 is 37.0. The van der Waals surface area contributed by atoms with Gasteiger partial charge in [-0.3, -0.25) is 14.6 Å². The molecule has 0 saturated carbocycles. The molecule has 1 heterocycles. The lowest BCUT2D eigenvalue weighted by Crippen LogP contribution is -2.63. The standard InChI is InChI=1S/C13H25F3N4O/c1-10(2)18-12(3,11(17)21)8-19-4-6-20(7-5-19)9-13(14,15)16/h10,18H,4-9H2,1-3H3,(H2,17,21). The van der Waals surface area contributed by atoms with Crippen molar-refractivity contribution in [2.45, 2.75) is 38.5 Å². The molecular formula is C13H25F3N4O. The quantitative estimate of drug-likeness (QED) is 0.746. The minimum atomic E-state index is -4.16. The van der Waals surface area contributed by atoms with Crippen molar-refractivity contribution >= 4 is 5.91 Å². The van der Waals surface area contributed by atoms with Crippen LogP contribution in [0.15, 0.2) is 0 Å². The zero-order chi connectivity index (χ0) is 16.3. The number of nitrogens with one attached hydrogen (secondary N) is 1. The van der Waals surface area contributed by atoms with Crippen LogP contribution >= 0.6 is 0 Å². The van der Waals surface area contributed by atoms with Gasteiger partial charge in [-0.25, -0.2) is 0 Å². The monoisotopic (exact) mass is 310 g/mol. The number of carbonyl (C=O) groups excluding carboxylic acids is 1. The van der Waals surface area contributed by atoms with E-state index in [2.05, 4.69) is 5.32 Å². The van der Waals surface area contributed by atoms with Crippen molar-refractivity contribution in [1.29, 1.82) is 0 Å². The van der Waals surface area contributed by atoms with E-state index in [4.69, 9.17) is 5.73 Å². The molecule has 1 aliphatic heterocycles. The van der Waals surface area contributed by atoms with Gasteiger partial charge in [-0.2, -0.15) is 13.2 Å². The van der Waals surface area contributed by atoms with E-state index in [1.165, 1.54) is 4.90 Å². The van der Waals surface area contributed by atoms with E-state index >= 15 is 0 Å². The molecule has 0 aromatic heterocycles. The Bertz CT molecular complexity index is 354. The Labute approximate surface area is 123 Å². The average Bonchev–Trinajstić information content (AvgIpc) is 2.28. The molecule has 0 aromatic carbocycles. The number of halogens is 3. The molecule has 0 spiro atoms. The van der Waals surface area contributed by atoms with E-state index < -0.39 is 24.2 Å². The first-order chi connectivity index (χ1) is 9.52. The third kappa shape index (κ3) is 6.19. The number of alkyl halides is 3. The number of nitrogens with zero attached hydrogens (tertiary/aromatic N) is 2. The van der Waals surface area contributed by atoms with Crippen LogP contribution in [-0.2, 0) is 4.79 Å². The number of nitrogens with two attached hydrogens (primary N) is 1. The first-order valence-electron chi connectivity index (χ1n) is 7.11. The van der Waals surface area contributed by atoms with Gasteiger partial charge in [0.25, 0.3) is 0 Å². The van der Waals surface area contributed by atoms with Gasteiger partial charge in [-0.1, -0.05) is 0 Å². The summed E-state index contributed by atoms with van der Waals surface area (Å²) in [5.74, 6) is -0.450. The Hall–Kier alpha value is -0.860. The fourth-order valence-electron chi connectivity index (χ4n) is 2.64. The van der Waals surface area contributed by atoms with Crippen molar-refractivity contribution in [3.63, 3.8) is 0 Å². The van der Waals surface area contributed by atoms with Crippen LogP contribution in [0.1, 0.15) is 20.8 Å². The molecule has 1 rings (SSSR count). The van der Waals surface area contributed by atoms with Gasteiger partial charge in [-0.15, -0.1) is 0 Å². The maximum absolute atomic E-state index is 12.3. The van der Waals surface area contributed by atoms with Gasteiger partial charge in [-0.05, 0) is 20.8 Å². The summed E-state index contributed by atoms with van der Waals surface area (Å²) in [5.41, 5.74) is 4.59. The molecule has 0 bridgehead atoms. The third-order valence-corrected chi connectivity index (χ3v) is 3.56. The summed E-state index contributed by atoms with van der Waals surface area (Å²) in [6.45, 7) is 6.78. The molecule has 3 N–H and O–H groups in total. The topological polar surface area (TPSA) is 61.6 Å². The molecule has 124 valence electrons. The number of carbonyl (C=O) groups is 1. The second-order valence-electron chi connectivity index (χ2n) is 6.16. The van der Waals surface area contributed by atoms with E-state index in [-0.39, 0.29) is 6.04 Å². The highest BCUT2D eigenvalue weighted by molar-refractivity contribution is 5.84. The molecule has 5 nitrogen and oxygen atoms in total. The van der Waals surface area contributed by atoms with Gasteiger partial charge >= 0.3 is 6.18 Å². The number of amides is 1.